The fourth-order valence-electron chi connectivity index (χ4n) is 2.67. The van der Waals surface area contributed by atoms with Crippen LogP contribution >= 0.6 is 0 Å². The molecule has 0 aromatic carbocycles. The molecule has 19 heavy (non-hydrogen) atoms. The van der Waals surface area contributed by atoms with Gasteiger partial charge < -0.3 is 0 Å². The molecule has 116 valence electrons. The summed E-state index contributed by atoms with van der Waals surface area (Å²) >= 11 is 0. The van der Waals surface area contributed by atoms with Crippen molar-refractivity contribution < 1.29 is 13.2 Å². The standard InChI is InChI=1S/C16H31F3/c1-13(2,3)10-8-9-11-15(7,16(17,18)19)12-14(4,5)6/h8-12H2,1-7H3/t15-/m0/s1. The van der Waals surface area contributed by atoms with Crippen LogP contribution in [-0.2, 0) is 0 Å². The van der Waals surface area contributed by atoms with Gasteiger partial charge in [0, 0.05) is 0 Å². The van der Waals surface area contributed by atoms with Crippen molar-refractivity contribution in [2.45, 2.75) is 86.7 Å². The number of hydrogen-bond donors (Lipinski definition) is 0. The fraction of sp³-hybridized carbons (Fsp3) is 1.00. The summed E-state index contributed by atoms with van der Waals surface area (Å²) in [6, 6.07) is 0. The fourth-order valence-corrected chi connectivity index (χ4v) is 2.67. The van der Waals surface area contributed by atoms with Crippen LogP contribution in [0.5, 0.6) is 0 Å². The van der Waals surface area contributed by atoms with E-state index in [1.54, 1.807) is 0 Å². The quantitative estimate of drug-likeness (QED) is 0.498. The summed E-state index contributed by atoms with van der Waals surface area (Å²) in [6.07, 6.45) is -1.16. The molecule has 0 saturated heterocycles. The van der Waals surface area contributed by atoms with Crippen LogP contribution in [0.2, 0.25) is 0 Å². The van der Waals surface area contributed by atoms with Gasteiger partial charge in [-0.15, -0.1) is 0 Å². The zero-order valence-electron chi connectivity index (χ0n) is 13.7. The van der Waals surface area contributed by atoms with Crippen molar-refractivity contribution in [1.29, 1.82) is 0 Å². The van der Waals surface area contributed by atoms with Crippen LogP contribution in [0.1, 0.15) is 80.6 Å². The van der Waals surface area contributed by atoms with Crippen molar-refractivity contribution >= 4 is 0 Å². The first-order valence-electron chi connectivity index (χ1n) is 7.23. The lowest BCUT2D eigenvalue weighted by Crippen LogP contribution is -2.38. The van der Waals surface area contributed by atoms with E-state index >= 15 is 0 Å². The SMILES string of the molecule is CC(C)(C)CCCC[C@@](C)(CC(C)(C)C)C(F)(F)F. The summed E-state index contributed by atoms with van der Waals surface area (Å²) in [5, 5.41) is 0. The molecule has 0 amide bonds. The Morgan fingerprint density at radius 1 is 0.632 bits per heavy atom. The molecular formula is C16H31F3. The molecule has 0 spiro atoms. The highest BCUT2D eigenvalue weighted by Gasteiger charge is 2.51. The summed E-state index contributed by atoms with van der Waals surface area (Å²) < 4.78 is 39.9. The van der Waals surface area contributed by atoms with Gasteiger partial charge in [0.05, 0.1) is 5.41 Å². The molecule has 0 nitrogen and oxygen atoms in total. The Morgan fingerprint density at radius 3 is 1.37 bits per heavy atom. The molecule has 0 bridgehead atoms. The maximum Gasteiger partial charge on any atom is 0.394 e. The van der Waals surface area contributed by atoms with E-state index in [-0.39, 0.29) is 23.7 Å². The van der Waals surface area contributed by atoms with Gasteiger partial charge in [0.15, 0.2) is 0 Å². The van der Waals surface area contributed by atoms with Gasteiger partial charge in [0.25, 0.3) is 0 Å². The van der Waals surface area contributed by atoms with Gasteiger partial charge in [-0.25, -0.2) is 0 Å². The van der Waals surface area contributed by atoms with Crippen molar-refractivity contribution in [2.24, 2.45) is 16.2 Å². The van der Waals surface area contributed by atoms with Crippen LogP contribution in [-0.4, -0.2) is 6.18 Å². The normalized spacial score (nSPS) is 17.4. The lowest BCUT2D eigenvalue weighted by molar-refractivity contribution is -0.230. The Morgan fingerprint density at radius 2 is 1.05 bits per heavy atom. The third-order valence-electron chi connectivity index (χ3n) is 3.51. The van der Waals surface area contributed by atoms with Gasteiger partial charge in [-0.2, -0.15) is 13.2 Å². The summed E-state index contributed by atoms with van der Waals surface area (Å²) in [5.41, 5.74) is -1.64. The number of halogens is 3. The van der Waals surface area contributed by atoms with E-state index in [1.165, 1.54) is 6.92 Å². The molecule has 0 aromatic heterocycles. The first kappa shape index (κ1) is 18.8. The molecular weight excluding hydrogens is 249 g/mol. The molecule has 0 aliphatic heterocycles. The molecule has 1 atom stereocenters. The minimum Gasteiger partial charge on any atom is -0.171 e. The lowest BCUT2D eigenvalue weighted by Gasteiger charge is -2.37. The molecule has 0 unspecified atom stereocenters. The Balaban J connectivity index is 4.55. The van der Waals surface area contributed by atoms with Crippen LogP contribution in [0, 0.1) is 16.2 Å². The number of hydrogen-bond acceptors (Lipinski definition) is 0. The predicted molar refractivity (Wildman–Crippen MR) is 76.2 cm³/mol. The van der Waals surface area contributed by atoms with Crippen LogP contribution in [0.15, 0.2) is 0 Å². The van der Waals surface area contributed by atoms with Crippen molar-refractivity contribution in [1.82, 2.24) is 0 Å². The second-order valence-electron chi connectivity index (χ2n) is 8.56. The van der Waals surface area contributed by atoms with E-state index in [0.29, 0.717) is 6.42 Å². The van der Waals surface area contributed by atoms with Gasteiger partial charge >= 0.3 is 6.18 Å². The summed E-state index contributed by atoms with van der Waals surface area (Å²) in [7, 11) is 0. The topological polar surface area (TPSA) is 0 Å². The molecule has 0 N–H and O–H groups in total. The van der Waals surface area contributed by atoms with Gasteiger partial charge in [-0.3, -0.25) is 0 Å². The second kappa shape index (κ2) is 6.05. The molecule has 3 heteroatoms. The molecule has 0 heterocycles. The molecule has 0 aromatic rings. The third-order valence-corrected chi connectivity index (χ3v) is 3.51. The number of rotatable bonds is 5. The maximum absolute atomic E-state index is 13.3. The van der Waals surface area contributed by atoms with Crippen LogP contribution in [0.3, 0.4) is 0 Å². The van der Waals surface area contributed by atoms with Gasteiger partial charge in [0.1, 0.15) is 0 Å². The molecule has 0 rings (SSSR count). The number of alkyl halides is 3. The highest BCUT2D eigenvalue weighted by atomic mass is 19.4. The zero-order chi connectivity index (χ0) is 15.5. The Labute approximate surface area is 117 Å². The minimum atomic E-state index is -4.11. The van der Waals surface area contributed by atoms with Crippen molar-refractivity contribution in [2.75, 3.05) is 0 Å². The summed E-state index contributed by atoms with van der Waals surface area (Å²) in [4.78, 5) is 0. The van der Waals surface area contributed by atoms with E-state index in [4.69, 9.17) is 0 Å². The smallest absolute Gasteiger partial charge is 0.171 e. The first-order valence-corrected chi connectivity index (χ1v) is 7.23. The number of unbranched alkanes of at least 4 members (excludes halogenated alkanes) is 1. The lowest BCUT2D eigenvalue weighted by atomic mass is 9.71. The maximum atomic E-state index is 13.3. The van der Waals surface area contributed by atoms with E-state index in [9.17, 15) is 13.2 Å². The highest BCUT2D eigenvalue weighted by molar-refractivity contribution is 4.86. The van der Waals surface area contributed by atoms with E-state index in [2.05, 4.69) is 20.8 Å². The summed E-state index contributed by atoms with van der Waals surface area (Å²) in [5.74, 6) is 0. The molecule has 0 saturated carbocycles. The molecule has 0 aliphatic rings. The Hall–Kier alpha value is -0.210. The molecule has 0 radical (unpaired) electrons. The van der Waals surface area contributed by atoms with Crippen molar-refractivity contribution in [3.63, 3.8) is 0 Å². The van der Waals surface area contributed by atoms with Crippen LogP contribution < -0.4 is 0 Å². The van der Waals surface area contributed by atoms with Crippen molar-refractivity contribution in [3.8, 4) is 0 Å². The average Bonchev–Trinajstić information content (AvgIpc) is 2.06. The first-order chi connectivity index (χ1) is 8.16. The third kappa shape index (κ3) is 7.84. The monoisotopic (exact) mass is 280 g/mol. The average molecular weight is 280 g/mol. The zero-order valence-corrected chi connectivity index (χ0v) is 13.7. The Kier molecular flexibility index (Phi) is 5.98. The summed E-state index contributed by atoms with van der Waals surface area (Å²) in [6.45, 7) is 13.4. The van der Waals surface area contributed by atoms with E-state index < -0.39 is 11.6 Å². The molecule has 0 fully saturated rings. The highest BCUT2D eigenvalue weighted by Crippen LogP contribution is 2.49. The van der Waals surface area contributed by atoms with Gasteiger partial charge in [0.2, 0.25) is 0 Å². The van der Waals surface area contributed by atoms with Crippen LogP contribution in [0.4, 0.5) is 13.2 Å². The predicted octanol–water partition coefficient (Wildman–Crippen LogP) is 6.60. The minimum absolute atomic E-state index is 0.193. The van der Waals surface area contributed by atoms with Gasteiger partial charge in [-0.05, 0) is 30.1 Å². The van der Waals surface area contributed by atoms with E-state index in [0.717, 1.165) is 12.8 Å². The van der Waals surface area contributed by atoms with Crippen molar-refractivity contribution in [3.05, 3.63) is 0 Å². The van der Waals surface area contributed by atoms with E-state index in [1.807, 2.05) is 20.8 Å². The van der Waals surface area contributed by atoms with Crippen LogP contribution in [0.25, 0.3) is 0 Å². The Bertz CT molecular complexity index is 265. The van der Waals surface area contributed by atoms with Gasteiger partial charge in [-0.1, -0.05) is 61.3 Å². The largest absolute Gasteiger partial charge is 0.394 e. The molecule has 0 aliphatic carbocycles. The second-order valence-corrected chi connectivity index (χ2v) is 8.56.